The first-order chi connectivity index (χ1) is 15.3. The highest BCUT2D eigenvalue weighted by Crippen LogP contribution is 2.26. The van der Waals surface area contributed by atoms with E-state index in [0.29, 0.717) is 11.9 Å². The number of nitrogen functional groups attached to an aromatic ring is 1. The van der Waals surface area contributed by atoms with Gasteiger partial charge in [0.25, 0.3) is 0 Å². The number of nitrogens with zero attached hydrogens (tertiary/aromatic N) is 6. The molecule has 0 aliphatic carbocycles. The Morgan fingerprint density at radius 2 is 1.81 bits per heavy atom. The van der Waals surface area contributed by atoms with E-state index in [1.807, 2.05) is 17.7 Å². The molecule has 32 heavy (non-hydrogen) atoms. The number of hydrogen-bond acceptors (Lipinski definition) is 8. The van der Waals surface area contributed by atoms with Crippen molar-refractivity contribution in [3.8, 4) is 0 Å². The van der Waals surface area contributed by atoms with Crippen molar-refractivity contribution in [2.75, 3.05) is 36.5 Å². The van der Waals surface area contributed by atoms with E-state index < -0.39 is 17.7 Å². The van der Waals surface area contributed by atoms with Crippen molar-refractivity contribution in [1.29, 1.82) is 0 Å². The number of halogens is 2. The van der Waals surface area contributed by atoms with Gasteiger partial charge in [0, 0.05) is 23.4 Å². The fourth-order valence-electron chi connectivity index (χ4n) is 3.91. The molecule has 1 atom stereocenters. The Balaban J connectivity index is 1.49. The van der Waals surface area contributed by atoms with Crippen LogP contribution in [-0.2, 0) is 0 Å². The Labute approximate surface area is 185 Å². The Kier molecular flexibility index (Phi) is 6.17. The van der Waals surface area contributed by atoms with E-state index in [-0.39, 0.29) is 23.4 Å². The van der Waals surface area contributed by atoms with Gasteiger partial charge in [-0.2, -0.15) is 20.1 Å². The van der Waals surface area contributed by atoms with Gasteiger partial charge in [-0.3, -0.25) is 4.68 Å². The minimum absolute atomic E-state index is 0.00301. The smallest absolute Gasteiger partial charge is 0.235 e. The Hall–Kier alpha value is -3.34. The normalized spacial score (nSPS) is 16.2. The molecule has 0 saturated carbocycles. The molecule has 1 aliphatic heterocycles. The van der Waals surface area contributed by atoms with Crippen molar-refractivity contribution in [3.05, 3.63) is 47.2 Å². The Bertz CT molecular complexity index is 1090. The third-order valence-corrected chi connectivity index (χ3v) is 5.62. The highest BCUT2D eigenvalue weighted by atomic mass is 19.1. The number of likely N-dealkylation sites (tertiary alicyclic amines) is 1. The van der Waals surface area contributed by atoms with Gasteiger partial charge in [0.2, 0.25) is 17.8 Å². The molecule has 4 N–H and O–H groups in total. The second-order valence-electron chi connectivity index (χ2n) is 8.15. The number of hydrogen-bond donors (Lipinski definition) is 3. The average Bonchev–Trinajstić information content (AvgIpc) is 3.07. The fraction of sp³-hybridized carbons (Fsp3) is 0.429. The number of nitrogens with one attached hydrogen (secondary N) is 2. The summed E-state index contributed by atoms with van der Waals surface area (Å²) in [5, 5.41) is 10.7. The molecule has 1 aliphatic rings. The van der Waals surface area contributed by atoms with E-state index in [2.05, 4.69) is 42.6 Å². The predicted octanol–water partition coefficient (Wildman–Crippen LogP) is 3.42. The molecule has 0 amide bonds. The lowest BCUT2D eigenvalue weighted by Crippen LogP contribution is -2.32. The first kappa shape index (κ1) is 21.9. The van der Waals surface area contributed by atoms with Crippen molar-refractivity contribution < 1.29 is 8.78 Å². The van der Waals surface area contributed by atoms with Crippen LogP contribution in [0.2, 0.25) is 0 Å². The van der Waals surface area contributed by atoms with Crippen LogP contribution in [0.15, 0.2) is 24.3 Å². The first-order valence-electron chi connectivity index (χ1n) is 10.5. The third kappa shape index (κ3) is 4.93. The molecule has 2 aromatic heterocycles. The van der Waals surface area contributed by atoms with Gasteiger partial charge in [-0.05, 0) is 52.9 Å². The van der Waals surface area contributed by atoms with Gasteiger partial charge >= 0.3 is 0 Å². The van der Waals surface area contributed by atoms with Crippen molar-refractivity contribution in [2.24, 2.45) is 0 Å². The van der Waals surface area contributed by atoms with Crippen LogP contribution in [0.4, 0.5) is 32.4 Å². The summed E-state index contributed by atoms with van der Waals surface area (Å²) in [4.78, 5) is 14.8. The molecular formula is C21H27F2N9. The molecular weight excluding hydrogens is 416 g/mol. The monoisotopic (exact) mass is 443 g/mol. The lowest BCUT2D eigenvalue weighted by Gasteiger charge is -2.29. The molecule has 4 rings (SSSR count). The van der Waals surface area contributed by atoms with Crippen LogP contribution < -0.4 is 16.4 Å². The molecule has 11 heteroatoms. The summed E-state index contributed by atoms with van der Waals surface area (Å²) in [6, 6.07) is 5.19. The molecule has 0 spiro atoms. The lowest BCUT2D eigenvalue weighted by molar-refractivity contribution is 0.211. The number of benzene rings is 1. The molecule has 170 valence electrons. The summed E-state index contributed by atoms with van der Waals surface area (Å²) in [7, 11) is 2.13. The second kappa shape index (κ2) is 9.03. The Morgan fingerprint density at radius 1 is 1.09 bits per heavy atom. The van der Waals surface area contributed by atoms with Gasteiger partial charge < -0.3 is 21.3 Å². The summed E-state index contributed by atoms with van der Waals surface area (Å²) in [5.41, 5.74) is 7.18. The molecule has 0 radical (unpaired) electrons. The van der Waals surface area contributed by atoms with Gasteiger partial charge in [-0.1, -0.05) is 6.07 Å². The summed E-state index contributed by atoms with van der Waals surface area (Å²) < 4.78 is 29.3. The zero-order valence-electron chi connectivity index (χ0n) is 18.3. The van der Waals surface area contributed by atoms with Gasteiger partial charge in [-0.15, -0.1) is 0 Å². The number of aryl methyl sites for hydroxylation is 1. The first-order valence-corrected chi connectivity index (χ1v) is 10.5. The van der Waals surface area contributed by atoms with Crippen LogP contribution >= 0.6 is 0 Å². The molecule has 3 heterocycles. The molecule has 9 nitrogen and oxygen atoms in total. The van der Waals surface area contributed by atoms with E-state index in [9.17, 15) is 8.78 Å². The van der Waals surface area contributed by atoms with Crippen molar-refractivity contribution >= 4 is 23.7 Å². The SMILES string of the molecule is Cc1cc(Nc2nc(N)nc(NC(C)c3ccc(F)cc3F)n2)nn1C1CCN(C)CC1. The van der Waals surface area contributed by atoms with Gasteiger partial charge in [0.1, 0.15) is 11.6 Å². The lowest BCUT2D eigenvalue weighted by atomic mass is 10.1. The largest absolute Gasteiger partial charge is 0.368 e. The number of aromatic nitrogens is 5. The number of rotatable bonds is 6. The molecule has 3 aromatic rings. The maximum atomic E-state index is 14.1. The third-order valence-electron chi connectivity index (χ3n) is 5.62. The average molecular weight is 444 g/mol. The zero-order valence-corrected chi connectivity index (χ0v) is 18.3. The van der Waals surface area contributed by atoms with Crippen LogP contribution in [0.1, 0.15) is 43.1 Å². The Morgan fingerprint density at radius 3 is 2.53 bits per heavy atom. The van der Waals surface area contributed by atoms with E-state index in [0.717, 1.165) is 37.7 Å². The van der Waals surface area contributed by atoms with E-state index >= 15 is 0 Å². The second-order valence-corrected chi connectivity index (χ2v) is 8.15. The van der Waals surface area contributed by atoms with Crippen molar-refractivity contribution in [1.82, 2.24) is 29.6 Å². The minimum Gasteiger partial charge on any atom is -0.368 e. The quantitative estimate of drug-likeness (QED) is 0.532. The van der Waals surface area contributed by atoms with Gasteiger partial charge in [0.05, 0.1) is 12.1 Å². The minimum atomic E-state index is -0.653. The van der Waals surface area contributed by atoms with E-state index in [4.69, 9.17) is 5.73 Å². The van der Waals surface area contributed by atoms with Gasteiger partial charge in [-0.25, -0.2) is 8.78 Å². The summed E-state index contributed by atoms with van der Waals surface area (Å²) in [5.74, 6) is -0.286. The number of anilines is 4. The molecule has 1 unspecified atom stereocenters. The zero-order chi connectivity index (χ0) is 22.8. The number of nitrogens with two attached hydrogens (primary N) is 1. The maximum Gasteiger partial charge on any atom is 0.235 e. The molecule has 1 saturated heterocycles. The topological polar surface area (TPSA) is 110 Å². The highest BCUT2D eigenvalue weighted by Gasteiger charge is 2.21. The fourth-order valence-corrected chi connectivity index (χ4v) is 3.91. The summed E-state index contributed by atoms with van der Waals surface area (Å²) in [6.45, 7) is 5.82. The van der Waals surface area contributed by atoms with Crippen molar-refractivity contribution in [3.63, 3.8) is 0 Å². The van der Waals surface area contributed by atoms with Crippen LogP contribution in [0.3, 0.4) is 0 Å². The van der Waals surface area contributed by atoms with E-state index in [1.165, 1.54) is 12.1 Å². The molecule has 1 aromatic carbocycles. The molecule has 1 fully saturated rings. The summed E-state index contributed by atoms with van der Waals surface area (Å²) >= 11 is 0. The molecule has 0 bridgehead atoms. The number of piperidine rings is 1. The van der Waals surface area contributed by atoms with E-state index in [1.54, 1.807) is 6.92 Å². The van der Waals surface area contributed by atoms with Crippen LogP contribution in [-0.4, -0.2) is 49.8 Å². The highest BCUT2D eigenvalue weighted by molar-refractivity contribution is 5.51. The van der Waals surface area contributed by atoms with Crippen LogP contribution in [0, 0.1) is 18.6 Å². The van der Waals surface area contributed by atoms with Crippen LogP contribution in [0.5, 0.6) is 0 Å². The van der Waals surface area contributed by atoms with Crippen LogP contribution in [0.25, 0.3) is 0 Å². The van der Waals surface area contributed by atoms with Gasteiger partial charge in [0.15, 0.2) is 5.82 Å². The standard InChI is InChI=1S/C21H27F2N9/c1-12-10-18(30-32(12)15-6-8-31(3)9-7-15)26-21-28-19(24)27-20(29-21)25-13(2)16-5-4-14(22)11-17(16)23/h4-5,10-11,13,15H,6-9H2,1-3H3,(H4,24,25,26,27,28,29,30). The predicted molar refractivity (Wildman–Crippen MR) is 119 cm³/mol. The summed E-state index contributed by atoms with van der Waals surface area (Å²) in [6.07, 6.45) is 2.09. The van der Waals surface area contributed by atoms with Crippen molar-refractivity contribution in [2.45, 2.75) is 38.8 Å². The maximum absolute atomic E-state index is 14.1.